The minimum absolute atomic E-state index is 0.164. The summed E-state index contributed by atoms with van der Waals surface area (Å²) in [6.45, 7) is 0.562. The summed E-state index contributed by atoms with van der Waals surface area (Å²) in [5.41, 5.74) is 7.66. The number of halogens is 3. The summed E-state index contributed by atoms with van der Waals surface area (Å²) in [7, 11) is 0. The topological polar surface area (TPSA) is 110 Å². The van der Waals surface area contributed by atoms with Crippen molar-refractivity contribution in [2.75, 3.05) is 22.9 Å². The smallest absolute Gasteiger partial charge is 0.406 e. The number of para-hydroxylation sites is 2. The molecule has 33 heavy (non-hydrogen) atoms. The predicted octanol–water partition coefficient (Wildman–Crippen LogP) is 4.47. The summed E-state index contributed by atoms with van der Waals surface area (Å²) in [4.78, 5) is 31.8. The van der Waals surface area contributed by atoms with E-state index in [0.29, 0.717) is 24.3 Å². The number of fused-ring (bicyclic) bond motifs is 1. The molecular formula is C21H18F3N5O3S. The van der Waals surface area contributed by atoms with Crippen LogP contribution in [0.2, 0.25) is 0 Å². The number of rotatable bonds is 4. The summed E-state index contributed by atoms with van der Waals surface area (Å²) in [5, 5.41) is 5.54. The Kier molecular flexibility index (Phi) is 6.09. The van der Waals surface area contributed by atoms with Gasteiger partial charge in [-0.05, 0) is 24.3 Å². The monoisotopic (exact) mass is 477 g/mol. The fourth-order valence-electron chi connectivity index (χ4n) is 3.23. The molecule has 0 fully saturated rings. The number of urea groups is 1. The number of nitrogens with two attached hydrogens (primary N) is 1. The summed E-state index contributed by atoms with van der Waals surface area (Å²) < 4.78 is 41.1. The van der Waals surface area contributed by atoms with Crippen molar-refractivity contribution in [2.45, 2.75) is 19.3 Å². The van der Waals surface area contributed by atoms with E-state index in [2.05, 4.69) is 20.4 Å². The van der Waals surface area contributed by atoms with Gasteiger partial charge in [0.2, 0.25) is 0 Å². The van der Waals surface area contributed by atoms with Gasteiger partial charge in [-0.1, -0.05) is 18.2 Å². The molecule has 4 N–H and O–H groups in total. The zero-order valence-electron chi connectivity index (χ0n) is 17.0. The second kappa shape index (κ2) is 8.98. The van der Waals surface area contributed by atoms with Crippen LogP contribution in [-0.2, 0) is 13.0 Å². The highest BCUT2D eigenvalue weighted by Gasteiger charge is 2.31. The molecule has 1 aromatic heterocycles. The Morgan fingerprint density at radius 3 is 2.67 bits per heavy atom. The highest BCUT2D eigenvalue weighted by atomic mass is 32.1. The van der Waals surface area contributed by atoms with Gasteiger partial charge in [0, 0.05) is 29.6 Å². The lowest BCUT2D eigenvalue weighted by atomic mass is 10.2. The van der Waals surface area contributed by atoms with Gasteiger partial charge in [-0.2, -0.15) is 0 Å². The number of benzene rings is 2. The van der Waals surface area contributed by atoms with Crippen LogP contribution in [0.3, 0.4) is 0 Å². The summed E-state index contributed by atoms with van der Waals surface area (Å²) in [5.74, 6) is -0.830. The van der Waals surface area contributed by atoms with Gasteiger partial charge < -0.3 is 26.0 Å². The van der Waals surface area contributed by atoms with Crippen LogP contribution in [0.5, 0.6) is 5.75 Å². The van der Waals surface area contributed by atoms with Gasteiger partial charge in [-0.3, -0.25) is 4.79 Å². The largest absolute Gasteiger partial charge is 0.573 e. The molecule has 3 aromatic rings. The first kappa shape index (κ1) is 22.4. The molecule has 0 unspecified atom stereocenters. The Labute approximate surface area is 190 Å². The summed E-state index contributed by atoms with van der Waals surface area (Å²) in [6, 6.07) is 11.4. The predicted molar refractivity (Wildman–Crippen MR) is 117 cm³/mol. The minimum Gasteiger partial charge on any atom is -0.406 e. The van der Waals surface area contributed by atoms with Crippen LogP contribution in [0, 0.1) is 0 Å². The van der Waals surface area contributed by atoms with Crippen molar-refractivity contribution >= 4 is 40.3 Å². The molecule has 0 saturated carbocycles. The molecule has 0 aliphatic carbocycles. The number of nitrogens with zero attached hydrogens (tertiary/aromatic N) is 2. The van der Waals surface area contributed by atoms with Crippen molar-refractivity contribution < 1.29 is 27.5 Å². The third-order valence-corrected chi connectivity index (χ3v) is 5.82. The van der Waals surface area contributed by atoms with Crippen LogP contribution in [-0.4, -0.2) is 34.7 Å². The van der Waals surface area contributed by atoms with Crippen LogP contribution in [0.25, 0.3) is 0 Å². The number of anilines is 3. The van der Waals surface area contributed by atoms with E-state index in [-0.39, 0.29) is 17.2 Å². The Hall–Kier alpha value is -3.80. The molecular weight excluding hydrogens is 459 g/mol. The van der Waals surface area contributed by atoms with E-state index >= 15 is 0 Å². The third kappa shape index (κ3) is 5.52. The lowest BCUT2D eigenvalue weighted by Crippen LogP contribution is -2.38. The number of ether oxygens (including phenoxy) is 1. The van der Waals surface area contributed by atoms with Crippen LogP contribution in [0.1, 0.15) is 20.4 Å². The first-order valence-electron chi connectivity index (χ1n) is 9.74. The Morgan fingerprint density at radius 1 is 1.12 bits per heavy atom. The first-order valence-corrected chi connectivity index (χ1v) is 10.6. The molecule has 12 heteroatoms. The molecule has 8 nitrogen and oxygen atoms in total. The van der Waals surface area contributed by atoms with Crippen LogP contribution in [0.4, 0.5) is 35.0 Å². The van der Waals surface area contributed by atoms with Gasteiger partial charge in [0.15, 0.2) is 5.01 Å². The lowest BCUT2D eigenvalue weighted by molar-refractivity contribution is -0.274. The van der Waals surface area contributed by atoms with Crippen molar-refractivity contribution in [1.82, 2.24) is 9.88 Å². The number of hydrogen-bond acceptors (Lipinski definition) is 6. The number of nitrogen functional groups attached to an aromatic ring is 1. The van der Waals surface area contributed by atoms with Gasteiger partial charge in [0.1, 0.15) is 5.75 Å². The molecule has 1 aliphatic rings. The van der Waals surface area contributed by atoms with E-state index in [0.717, 1.165) is 22.7 Å². The minimum atomic E-state index is -4.83. The number of nitrogens with one attached hydrogen (secondary N) is 2. The standard InChI is InChI=1S/C21H18F3N5O3S/c22-21(23,24)32-13-5-3-4-12(10-13)26-20(31)29-9-8-16-17(11-29)33-19(28-16)18(30)27-15-7-2-1-6-14(15)25/h1-7,10H,8-9,11,25H2,(H,26,31)(H,27,30). The van der Waals surface area contributed by atoms with E-state index < -0.39 is 24.1 Å². The number of hydrogen-bond donors (Lipinski definition) is 3. The molecule has 4 rings (SSSR count). The molecule has 2 heterocycles. The van der Waals surface area contributed by atoms with E-state index in [9.17, 15) is 22.8 Å². The fourth-order valence-corrected chi connectivity index (χ4v) is 4.24. The third-order valence-electron chi connectivity index (χ3n) is 4.74. The highest BCUT2D eigenvalue weighted by molar-refractivity contribution is 7.13. The summed E-state index contributed by atoms with van der Waals surface area (Å²) in [6.07, 6.45) is -4.38. The van der Waals surface area contributed by atoms with E-state index in [1.165, 1.54) is 28.4 Å². The van der Waals surface area contributed by atoms with Crippen molar-refractivity contribution in [3.05, 3.63) is 64.1 Å². The average Bonchev–Trinajstić information content (AvgIpc) is 3.18. The van der Waals surface area contributed by atoms with Crippen molar-refractivity contribution in [3.63, 3.8) is 0 Å². The zero-order valence-corrected chi connectivity index (χ0v) is 17.8. The Morgan fingerprint density at radius 2 is 1.91 bits per heavy atom. The fraction of sp³-hybridized carbons (Fsp3) is 0.190. The van der Waals surface area contributed by atoms with Gasteiger partial charge in [-0.25, -0.2) is 9.78 Å². The first-order chi connectivity index (χ1) is 15.7. The van der Waals surface area contributed by atoms with Gasteiger partial charge in [-0.15, -0.1) is 24.5 Å². The quantitative estimate of drug-likeness (QED) is 0.481. The van der Waals surface area contributed by atoms with Crippen LogP contribution < -0.4 is 21.1 Å². The maximum absolute atomic E-state index is 12.6. The van der Waals surface area contributed by atoms with Gasteiger partial charge in [0.05, 0.1) is 23.6 Å². The Balaban J connectivity index is 1.40. The number of thiazole rings is 1. The molecule has 1 aliphatic heterocycles. The molecule has 0 spiro atoms. The normalized spacial score (nSPS) is 13.2. The number of amides is 3. The highest BCUT2D eigenvalue weighted by Crippen LogP contribution is 2.28. The van der Waals surface area contributed by atoms with Gasteiger partial charge >= 0.3 is 12.4 Å². The van der Waals surface area contributed by atoms with E-state index in [1.54, 1.807) is 24.3 Å². The average molecular weight is 477 g/mol. The SMILES string of the molecule is Nc1ccccc1NC(=O)c1nc2c(s1)CN(C(=O)Nc1cccc(OC(F)(F)F)c1)CC2. The molecule has 0 bridgehead atoms. The molecule has 2 aromatic carbocycles. The molecule has 0 radical (unpaired) electrons. The zero-order chi connectivity index (χ0) is 23.6. The Bertz CT molecular complexity index is 1200. The second-order valence-electron chi connectivity index (χ2n) is 7.11. The van der Waals surface area contributed by atoms with Crippen LogP contribution in [0.15, 0.2) is 48.5 Å². The molecule has 3 amide bonds. The maximum atomic E-state index is 12.6. The maximum Gasteiger partial charge on any atom is 0.573 e. The molecule has 0 saturated heterocycles. The van der Waals surface area contributed by atoms with E-state index in [4.69, 9.17) is 5.73 Å². The second-order valence-corrected chi connectivity index (χ2v) is 8.19. The van der Waals surface area contributed by atoms with Crippen molar-refractivity contribution in [1.29, 1.82) is 0 Å². The number of alkyl halides is 3. The number of carbonyl (C=O) groups excluding carboxylic acids is 2. The van der Waals surface area contributed by atoms with Crippen molar-refractivity contribution in [3.8, 4) is 5.75 Å². The van der Waals surface area contributed by atoms with E-state index in [1.807, 2.05) is 0 Å². The van der Waals surface area contributed by atoms with Gasteiger partial charge in [0.25, 0.3) is 5.91 Å². The molecule has 0 atom stereocenters. The number of aromatic nitrogens is 1. The lowest BCUT2D eigenvalue weighted by Gasteiger charge is -2.26. The van der Waals surface area contributed by atoms with Crippen molar-refractivity contribution in [2.24, 2.45) is 0 Å². The number of carbonyl (C=O) groups is 2. The van der Waals surface area contributed by atoms with Crippen LogP contribution >= 0.6 is 11.3 Å². The molecule has 172 valence electrons. The summed E-state index contributed by atoms with van der Waals surface area (Å²) >= 11 is 1.17.